The molecular formula is C11H12N6S. The molecular weight excluding hydrogens is 248 g/mol. The summed E-state index contributed by atoms with van der Waals surface area (Å²) in [6, 6.07) is 7.44. The lowest BCUT2D eigenvalue weighted by Crippen LogP contribution is -2.24. The molecule has 0 saturated carbocycles. The van der Waals surface area contributed by atoms with Crippen LogP contribution in [0.3, 0.4) is 0 Å². The molecule has 1 aromatic carbocycles. The van der Waals surface area contributed by atoms with E-state index in [1.807, 2.05) is 35.0 Å². The number of anilines is 1. The van der Waals surface area contributed by atoms with E-state index in [0.717, 1.165) is 5.69 Å². The highest BCUT2D eigenvalue weighted by Gasteiger charge is 2.02. The average molecular weight is 260 g/mol. The molecule has 0 aliphatic rings. The summed E-state index contributed by atoms with van der Waals surface area (Å²) in [5.41, 5.74) is 15.0. The van der Waals surface area contributed by atoms with Crippen molar-refractivity contribution < 1.29 is 0 Å². The summed E-state index contributed by atoms with van der Waals surface area (Å²) in [5.74, 6) is 0.656. The molecule has 2 rings (SSSR count). The minimum Gasteiger partial charge on any atom is -0.399 e. The molecule has 1 aromatic heterocycles. The van der Waals surface area contributed by atoms with Crippen LogP contribution in [0.25, 0.3) is 5.69 Å². The third-order valence-corrected chi connectivity index (χ3v) is 2.29. The van der Waals surface area contributed by atoms with E-state index in [9.17, 15) is 0 Å². The quantitative estimate of drug-likeness (QED) is 0.325. The first kappa shape index (κ1) is 12.1. The number of hydrazone groups is 1. The van der Waals surface area contributed by atoms with Crippen LogP contribution in [-0.2, 0) is 0 Å². The van der Waals surface area contributed by atoms with Crippen molar-refractivity contribution in [3.63, 3.8) is 0 Å². The van der Waals surface area contributed by atoms with Crippen molar-refractivity contribution in [3.05, 3.63) is 42.5 Å². The second kappa shape index (κ2) is 5.28. The molecule has 0 aliphatic heterocycles. The molecule has 2 aromatic rings. The molecule has 0 radical (unpaired) electrons. The summed E-state index contributed by atoms with van der Waals surface area (Å²) in [6.45, 7) is 0. The second-order valence-electron chi connectivity index (χ2n) is 3.48. The average Bonchev–Trinajstić information content (AvgIpc) is 2.78. The Bertz CT molecular complexity index is 571. The third kappa shape index (κ3) is 2.83. The van der Waals surface area contributed by atoms with Crippen LogP contribution in [0.5, 0.6) is 0 Å². The van der Waals surface area contributed by atoms with E-state index in [1.165, 1.54) is 6.21 Å². The summed E-state index contributed by atoms with van der Waals surface area (Å²) in [7, 11) is 0. The van der Waals surface area contributed by atoms with E-state index >= 15 is 0 Å². The Morgan fingerprint density at radius 1 is 1.39 bits per heavy atom. The lowest BCUT2D eigenvalue weighted by molar-refractivity contribution is 1.01. The lowest BCUT2D eigenvalue weighted by atomic mass is 10.3. The normalized spacial score (nSPS) is 10.7. The first-order chi connectivity index (χ1) is 8.66. The Morgan fingerprint density at radius 3 is 2.78 bits per heavy atom. The topological polar surface area (TPSA) is 94.2 Å². The zero-order chi connectivity index (χ0) is 13.0. The fourth-order valence-corrected chi connectivity index (χ4v) is 1.47. The fraction of sp³-hybridized carbons (Fsp3) is 0. The Balaban J connectivity index is 2.24. The van der Waals surface area contributed by atoms with Crippen molar-refractivity contribution in [3.8, 4) is 5.69 Å². The van der Waals surface area contributed by atoms with Crippen LogP contribution in [0.2, 0.25) is 0 Å². The highest BCUT2D eigenvalue weighted by molar-refractivity contribution is 7.80. The van der Waals surface area contributed by atoms with Gasteiger partial charge in [0.05, 0.1) is 6.21 Å². The standard InChI is InChI=1S/C11H12N6S/c12-8-1-3-9(4-2-8)17-6-5-14-10(17)7-15-16-11(13)18/h1-7H,12H2,(H3,13,16,18)/b15-7-. The van der Waals surface area contributed by atoms with E-state index in [2.05, 4.69) is 27.7 Å². The maximum atomic E-state index is 5.64. The van der Waals surface area contributed by atoms with Gasteiger partial charge in [-0.05, 0) is 36.5 Å². The first-order valence-corrected chi connectivity index (χ1v) is 5.55. The van der Waals surface area contributed by atoms with Gasteiger partial charge in [0.15, 0.2) is 10.9 Å². The monoisotopic (exact) mass is 260 g/mol. The molecule has 6 nitrogen and oxygen atoms in total. The number of nitrogen functional groups attached to an aromatic ring is 1. The van der Waals surface area contributed by atoms with Crippen LogP contribution in [-0.4, -0.2) is 20.9 Å². The summed E-state index contributed by atoms with van der Waals surface area (Å²) in [6.07, 6.45) is 5.04. The number of hydrogen-bond donors (Lipinski definition) is 3. The van der Waals surface area contributed by atoms with Crippen molar-refractivity contribution in [1.82, 2.24) is 15.0 Å². The number of nitrogens with zero attached hydrogens (tertiary/aromatic N) is 3. The van der Waals surface area contributed by atoms with E-state index in [4.69, 9.17) is 11.5 Å². The number of nitrogens with one attached hydrogen (secondary N) is 1. The molecule has 0 bridgehead atoms. The van der Waals surface area contributed by atoms with Gasteiger partial charge in [0.1, 0.15) is 0 Å². The number of benzene rings is 1. The van der Waals surface area contributed by atoms with Crippen molar-refractivity contribution >= 4 is 29.2 Å². The van der Waals surface area contributed by atoms with Crippen molar-refractivity contribution in [1.29, 1.82) is 0 Å². The third-order valence-electron chi connectivity index (χ3n) is 2.20. The number of imidazole rings is 1. The van der Waals surface area contributed by atoms with Crippen molar-refractivity contribution in [2.75, 3.05) is 5.73 Å². The Morgan fingerprint density at radius 2 is 2.11 bits per heavy atom. The van der Waals surface area contributed by atoms with Crippen LogP contribution >= 0.6 is 12.2 Å². The molecule has 18 heavy (non-hydrogen) atoms. The maximum Gasteiger partial charge on any atom is 0.184 e. The largest absolute Gasteiger partial charge is 0.399 e. The van der Waals surface area contributed by atoms with Crippen molar-refractivity contribution in [2.45, 2.75) is 0 Å². The van der Waals surface area contributed by atoms with Gasteiger partial charge in [-0.3, -0.25) is 9.99 Å². The van der Waals surface area contributed by atoms with Crippen LogP contribution in [0.15, 0.2) is 41.8 Å². The van der Waals surface area contributed by atoms with Gasteiger partial charge in [0.2, 0.25) is 0 Å². The fourth-order valence-electron chi connectivity index (χ4n) is 1.42. The van der Waals surface area contributed by atoms with E-state index < -0.39 is 0 Å². The first-order valence-electron chi connectivity index (χ1n) is 5.14. The lowest BCUT2D eigenvalue weighted by Gasteiger charge is -2.05. The molecule has 0 aliphatic carbocycles. The van der Waals surface area contributed by atoms with Gasteiger partial charge >= 0.3 is 0 Å². The summed E-state index contributed by atoms with van der Waals surface area (Å²) in [4.78, 5) is 4.17. The van der Waals surface area contributed by atoms with Gasteiger partial charge in [-0.2, -0.15) is 5.10 Å². The Hall–Kier alpha value is -2.41. The van der Waals surface area contributed by atoms with Crippen molar-refractivity contribution in [2.24, 2.45) is 10.8 Å². The van der Waals surface area contributed by atoms with Crippen LogP contribution in [0.4, 0.5) is 5.69 Å². The van der Waals surface area contributed by atoms with Gasteiger partial charge in [0.25, 0.3) is 0 Å². The van der Waals surface area contributed by atoms with Gasteiger partial charge in [-0.25, -0.2) is 4.98 Å². The van der Waals surface area contributed by atoms with Gasteiger partial charge in [-0.1, -0.05) is 0 Å². The Labute approximate surface area is 109 Å². The predicted molar refractivity (Wildman–Crippen MR) is 75.5 cm³/mol. The van der Waals surface area contributed by atoms with E-state index in [1.54, 1.807) is 6.20 Å². The minimum absolute atomic E-state index is 0.108. The van der Waals surface area contributed by atoms with Gasteiger partial charge in [-0.15, -0.1) is 0 Å². The molecule has 0 amide bonds. The summed E-state index contributed by atoms with van der Waals surface area (Å²) in [5, 5.41) is 3.98. The zero-order valence-electron chi connectivity index (χ0n) is 9.45. The molecule has 0 fully saturated rings. The number of aromatic nitrogens is 2. The molecule has 0 saturated heterocycles. The SMILES string of the molecule is NC(=S)N/N=C\c1nccn1-c1ccc(N)cc1. The highest BCUT2D eigenvalue weighted by atomic mass is 32.1. The molecule has 5 N–H and O–H groups in total. The minimum atomic E-state index is 0.108. The molecule has 0 atom stereocenters. The summed E-state index contributed by atoms with van der Waals surface area (Å²) < 4.78 is 1.87. The number of thiocarbonyl (C=S) groups is 1. The van der Waals surface area contributed by atoms with Crippen LogP contribution in [0, 0.1) is 0 Å². The van der Waals surface area contributed by atoms with Gasteiger partial charge < -0.3 is 11.5 Å². The Kier molecular flexibility index (Phi) is 3.54. The number of nitrogens with two attached hydrogens (primary N) is 2. The number of rotatable bonds is 3. The molecule has 1 heterocycles. The smallest absolute Gasteiger partial charge is 0.184 e. The zero-order valence-corrected chi connectivity index (χ0v) is 10.3. The van der Waals surface area contributed by atoms with E-state index in [0.29, 0.717) is 11.5 Å². The number of hydrogen-bond acceptors (Lipinski definition) is 4. The maximum absolute atomic E-state index is 5.64. The molecule has 92 valence electrons. The molecule has 0 unspecified atom stereocenters. The van der Waals surface area contributed by atoms with Crippen LogP contribution < -0.4 is 16.9 Å². The summed E-state index contributed by atoms with van der Waals surface area (Å²) >= 11 is 4.64. The second-order valence-corrected chi connectivity index (χ2v) is 3.92. The van der Waals surface area contributed by atoms with E-state index in [-0.39, 0.29) is 5.11 Å². The van der Waals surface area contributed by atoms with Crippen LogP contribution in [0.1, 0.15) is 5.82 Å². The molecule has 0 spiro atoms. The van der Waals surface area contributed by atoms with Gasteiger partial charge in [0, 0.05) is 23.8 Å². The predicted octanol–water partition coefficient (Wildman–Crippen LogP) is 0.622. The highest BCUT2D eigenvalue weighted by Crippen LogP contribution is 2.12. The molecule has 7 heteroatoms.